The summed E-state index contributed by atoms with van der Waals surface area (Å²) in [7, 11) is -1.80. The second-order valence-electron chi connectivity index (χ2n) is 5.35. The Kier molecular flexibility index (Phi) is 4.45. The van der Waals surface area contributed by atoms with Gasteiger partial charge in [0.1, 0.15) is 7.80 Å². The number of rotatable bonds is 4. The topological polar surface area (TPSA) is 34.1 Å². The first-order valence-electron chi connectivity index (χ1n) is 7.39. The fraction of sp³-hybridized carbons (Fsp3) is 0.0500. The van der Waals surface area contributed by atoms with Crippen molar-refractivity contribution < 1.29 is 9.36 Å². The van der Waals surface area contributed by atoms with Gasteiger partial charge in [-0.3, -0.25) is 9.36 Å². The smallest absolute Gasteiger partial charge is 0.194 e. The van der Waals surface area contributed by atoms with E-state index >= 15 is 0 Å². The molecule has 3 aromatic carbocycles. The number of benzene rings is 3. The summed E-state index contributed by atoms with van der Waals surface area (Å²) in [5.74, 6) is -0.0939. The maximum Gasteiger partial charge on any atom is 0.194 e. The van der Waals surface area contributed by atoms with Gasteiger partial charge in [0, 0.05) is 21.7 Å². The van der Waals surface area contributed by atoms with E-state index < -0.39 is 7.80 Å². The predicted molar refractivity (Wildman–Crippen MR) is 94.4 cm³/mol. The van der Waals surface area contributed by atoms with Crippen LogP contribution in [-0.2, 0) is 4.57 Å². The molecule has 3 rings (SSSR count). The standard InChI is InChI=1S/C20H16O2P/c1-15-12-13-19(23(22)17-10-6-3-7-11-17)18(14-15)20(21)16-8-4-2-5-9-16/h2-14H,1H3. The lowest BCUT2D eigenvalue weighted by molar-refractivity contribution is 0.103. The van der Waals surface area contributed by atoms with Gasteiger partial charge in [-0.1, -0.05) is 60.2 Å². The number of ketones is 1. The van der Waals surface area contributed by atoms with E-state index in [0.717, 1.165) is 10.9 Å². The third-order valence-electron chi connectivity index (χ3n) is 3.64. The summed E-state index contributed by atoms with van der Waals surface area (Å²) in [5.41, 5.74) is 2.10. The minimum absolute atomic E-state index is 0.0939. The second kappa shape index (κ2) is 6.68. The Bertz CT molecular complexity index is 855. The molecule has 0 saturated heterocycles. The van der Waals surface area contributed by atoms with Gasteiger partial charge >= 0.3 is 0 Å². The van der Waals surface area contributed by atoms with Crippen LogP contribution in [0.3, 0.4) is 0 Å². The normalized spacial score (nSPS) is 11.1. The first-order chi connectivity index (χ1) is 11.2. The number of hydrogen-bond acceptors (Lipinski definition) is 2. The highest BCUT2D eigenvalue weighted by molar-refractivity contribution is 7.61. The van der Waals surface area contributed by atoms with Crippen LogP contribution in [0.1, 0.15) is 21.5 Å². The molecule has 113 valence electrons. The summed E-state index contributed by atoms with van der Waals surface area (Å²) < 4.78 is 12.9. The van der Waals surface area contributed by atoms with E-state index in [1.54, 1.807) is 18.2 Å². The van der Waals surface area contributed by atoms with Crippen LogP contribution in [0, 0.1) is 6.92 Å². The molecule has 0 aromatic heterocycles. The third kappa shape index (κ3) is 3.28. The van der Waals surface area contributed by atoms with Gasteiger partial charge in [-0.15, -0.1) is 0 Å². The third-order valence-corrected chi connectivity index (χ3v) is 5.24. The van der Waals surface area contributed by atoms with Gasteiger partial charge in [-0.2, -0.15) is 0 Å². The number of carbonyl (C=O) groups excluding carboxylic acids is 1. The highest BCUT2D eigenvalue weighted by Gasteiger charge is 2.19. The molecule has 0 saturated carbocycles. The zero-order chi connectivity index (χ0) is 16.2. The van der Waals surface area contributed by atoms with Crippen molar-refractivity contribution in [1.82, 2.24) is 0 Å². The van der Waals surface area contributed by atoms with E-state index in [2.05, 4.69) is 0 Å². The Labute approximate surface area is 136 Å². The van der Waals surface area contributed by atoms with Gasteiger partial charge in [0.2, 0.25) is 0 Å². The zero-order valence-electron chi connectivity index (χ0n) is 12.8. The lowest BCUT2D eigenvalue weighted by Gasteiger charge is -2.10. The molecule has 0 spiro atoms. The lowest BCUT2D eigenvalue weighted by atomic mass is 10.0. The molecular weight excluding hydrogens is 303 g/mol. The average Bonchev–Trinajstić information content (AvgIpc) is 2.62. The summed E-state index contributed by atoms with van der Waals surface area (Å²) in [5, 5.41) is 1.32. The summed E-state index contributed by atoms with van der Waals surface area (Å²) in [6.07, 6.45) is 0. The second-order valence-corrected chi connectivity index (χ2v) is 6.93. The fourth-order valence-corrected chi connectivity index (χ4v) is 3.77. The van der Waals surface area contributed by atoms with Gasteiger partial charge < -0.3 is 0 Å². The van der Waals surface area contributed by atoms with Crippen LogP contribution in [-0.4, -0.2) is 5.78 Å². The largest absolute Gasteiger partial charge is 0.289 e. The summed E-state index contributed by atoms with van der Waals surface area (Å²) in [6.45, 7) is 1.93. The van der Waals surface area contributed by atoms with E-state index in [1.807, 2.05) is 67.6 Å². The maximum absolute atomic E-state index is 12.9. The first kappa shape index (κ1) is 15.3. The molecule has 0 amide bonds. The Morgan fingerprint density at radius 1 is 0.826 bits per heavy atom. The quantitative estimate of drug-likeness (QED) is 0.538. The van der Waals surface area contributed by atoms with Gasteiger partial charge in [0.25, 0.3) is 0 Å². The predicted octanol–water partition coefficient (Wildman–Crippen LogP) is 4.00. The van der Waals surface area contributed by atoms with Gasteiger partial charge in [0.15, 0.2) is 5.78 Å². The number of carbonyl (C=O) groups is 1. The zero-order valence-corrected chi connectivity index (χ0v) is 13.7. The van der Waals surface area contributed by atoms with Crippen molar-refractivity contribution in [3.8, 4) is 0 Å². The van der Waals surface area contributed by atoms with Crippen molar-refractivity contribution in [2.45, 2.75) is 6.92 Å². The molecule has 1 unspecified atom stereocenters. The van der Waals surface area contributed by atoms with Crippen LogP contribution in [0.25, 0.3) is 0 Å². The summed E-state index contributed by atoms with van der Waals surface area (Å²) >= 11 is 0. The molecule has 0 aliphatic rings. The molecule has 0 aliphatic heterocycles. The molecule has 0 fully saturated rings. The molecule has 1 radical (unpaired) electrons. The van der Waals surface area contributed by atoms with Crippen LogP contribution in [0.15, 0.2) is 78.9 Å². The molecular formula is C20H16O2P. The molecule has 23 heavy (non-hydrogen) atoms. The molecule has 0 heterocycles. The van der Waals surface area contributed by atoms with E-state index in [4.69, 9.17) is 0 Å². The van der Waals surface area contributed by atoms with Crippen LogP contribution in [0.5, 0.6) is 0 Å². The van der Waals surface area contributed by atoms with Gasteiger partial charge in [-0.25, -0.2) is 0 Å². The summed E-state index contributed by atoms with van der Waals surface area (Å²) in [4.78, 5) is 12.8. The van der Waals surface area contributed by atoms with Crippen molar-refractivity contribution in [2.24, 2.45) is 0 Å². The molecule has 0 N–H and O–H groups in total. The molecule has 1 atom stereocenters. The van der Waals surface area contributed by atoms with Crippen LogP contribution in [0.4, 0.5) is 0 Å². The van der Waals surface area contributed by atoms with E-state index in [9.17, 15) is 9.36 Å². The van der Waals surface area contributed by atoms with Crippen molar-refractivity contribution in [3.63, 3.8) is 0 Å². The van der Waals surface area contributed by atoms with Crippen LogP contribution >= 0.6 is 7.80 Å². The Morgan fingerprint density at radius 3 is 2.09 bits per heavy atom. The minimum atomic E-state index is -1.80. The Balaban J connectivity index is 2.09. The highest BCUT2D eigenvalue weighted by Crippen LogP contribution is 2.24. The van der Waals surface area contributed by atoms with E-state index in [-0.39, 0.29) is 5.78 Å². The molecule has 0 bridgehead atoms. The van der Waals surface area contributed by atoms with Gasteiger partial charge in [0.05, 0.1) is 0 Å². The average molecular weight is 319 g/mol. The molecule has 3 heteroatoms. The Morgan fingerprint density at radius 2 is 1.43 bits per heavy atom. The van der Waals surface area contributed by atoms with E-state index in [0.29, 0.717) is 16.4 Å². The number of aryl methyl sites for hydroxylation is 1. The van der Waals surface area contributed by atoms with Gasteiger partial charge in [-0.05, 0) is 31.2 Å². The van der Waals surface area contributed by atoms with Crippen molar-refractivity contribution in [1.29, 1.82) is 0 Å². The maximum atomic E-state index is 12.9. The van der Waals surface area contributed by atoms with Crippen LogP contribution in [0.2, 0.25) is 0 Å². The van der Waals surface area contributed by atoms with Crippen molar-refractivity contribution in [3.05, 3.63) is 95.6 Å². The SMILES string of the molecule is Cc1ccc([P](=O)c2ccccc2)c(C(=O)c2ccccc2)c1. The van der Waals surface area contributed by atoms with E-state index in [1.165, 1.54) is 0 Å². The first-order valence-corrected chi connectivity index (χ1v) is 8.65. The van der Waals surface area contributed by atoms with Crippen molar-refractivity contribution >= 4 is 24.2 Å². The fourth-order valence-electron chi connectivity index (χ4n) is 2.46. The highest BCUT2D eigenvalue weighted by atomic mass is 31.1. The van der Waals surface area contributed by atoms with Crippen LogP contribution < -0.4 is 10.6 Å². The monoisotopic (exact) mass is 319 g/mol. The minimum Gasteiger partial charge on any atom is -0.289 e. The number of hydrogen-bond donors (Lipinski definition) is 0. The summed E-state index contributed by atoms with van der Waals surface area (Å²) in [6, 6.07) is 23.9. The molecule has 2 nitrogen and oxygen atoms in total. The molecule has 0 aliphatic carbocycles. The molecule has 3 aromatic rings. The lowest BCUT2D eigenvalue weighted by Crippen LogP contribution is -2.17. The Hall–Kier alpha value is -2.57. The van der Waals surface area contributed by atoms with Crippen molar-refractivity contribution in [2.75, 3.05) is 0 Å².